The first-order valence-corrected chi connectivity index (χ1v) is 3.99. The van der Waals surface area contributed by atoms with Crippen molar-refractivity contribution in [2.75, 3.05) is 0 Å². The zero-order chi connectivity index (χ0) is 9.42. The third-order valence-electron chi connectivity index (χ3n) is 2.20. The van der Waals surface area contributed by atoms with Crippen molar-refractivity contribution in [2.45, 2.75) is 5.92 Å². The third kappa shape index (κ3) is 1.09. The Labute approximate surface area is 75.5 Å². The summed E-state index contributed by atoms with van der Waals surface area (Å²) in [5, 5.41) is 9.45. The number of nitrogens with two attached hydrogens (primary N) is 1. The Bertz CT molecular complexity index is 396. The average molecular weight is 175 g/mol. The molecule has 3 heteroatoms. The van der Waals surface area contributed by atoms with E-state index in [1.165, 1.54) is 6.08 Å². The van der Waals surface area contributed by atoms with Crippen molar-refractivity contribution in [2.24, 2.45) is 5.73 Å². The van der Waals surface area contributed by atoms with E-state index in [0.717, 1.165) is 5.56 Å². The van der Waals surface area contributed by atoms with Gasteiger partial charge in [-0.25, -0.2) is 0 Å². The molecular formula is C10H9NO2. The fraction of sp³-hybridized carbons (Fsp3) is 0.100. The molecule has 0 fully saturated rings. The summed E-state index contributed by atoms with van der Waals surface area (Å²) in [6.07, 6.45) is 1.48. The molecule has 2 rings (SSSR count). The highest BCUT2D eigenvalue weighted by Gasteiger charge is 2.26. The van der Waals surface area contributed by atoms with Gasteiger partial charge in [0.2, 0.25) is 5.91 Å². The number of benzene rings is 1. The van der Waals surface area contributed by atoms with Crippen LogP contribution in [0.3, 0.4) is 0 Å². The van der Waals surface area contributed by atoms with Gasteiger partial charge < -0.3 is 10.8 Å². The van der Waals surface area contributed by atoms with E-state index in [0.29, 0.717) is 5.56 Å². The topological polar surface area (TPSA) is 63.3 Å². The highest BCUT2D eigenvalue weighted by molar-refractivity contribution is 5.90. The smallest absolute Gasteiger partial charge is 0.228 e. The highest BCUT2D eigenvalue weighted by atomic mass is 16.3. The normalized spacial score (nSPS) is 19.4. The Morgan fingerprint density at radius 3 is 2.77 bits per heavy atom. The molecule has 1 aliphatic rings. The van der Waals surface area contributed by atoms with E-state index in [2.05, 4.69) is 0 Å². The molecule has 0 saturated carbocycles. The molecule has 0 saturated heterocycles. The number of amides is 1. The second kappa shape index (κ2) is 2.62. The van der Waals surface area contributed by atoms with Gasteiger partial charge in [-0.3, -0.25) is 4.79 Å². The molecular weight excluding hydrogens is 166 g/mol. The predicted octanol–water partition coefficient (Wildman–Crippen LogP) is 1.17. The van der Waals surface area contributed by atoms with Gasteiger partial charge in [0.05, 0.1) is 5.92 Å². The molecule has 1 aromatic rings. The molecule has 0 heterocycles. The first-order valence-electron chi connectivity index (χ1n) is 3.99. The van der Waals surface area contributed by atoms with E-state index in [-0.39, 0.29) is 5.76 Å². The van der Waals surface area contributed by atoms with Crippen LogP contribution >= 0.6 is 0 Å². The maximum Gasteiger partial charge on any atom is 0.228 e. The minimum absolute atomic E-state index is 0.138. The summed E-state index contributed by atoms with van der Waals surface area (Å²) in [5.74, 6) is -0.771. The molecule has 1 unspecified atom stereocenters. The van der Waals surface area contributed by atoms with Crippen LogP contribution in [-0.2, 0) is 4.79 Å². The SMILES string of the molecule is NC(=O)C1C=C(O)c2ccccc21. The number of rotatable bonds is 1. The molecule has 0 bridgehead atoms. The molecule has 3 nitrogen and oxygen atoms in total. The molecule has 3 N–H and O–H groups in total. The number of carbonyl (C=O) groups excluding carboxylic acids is 1. The fourth-order valence-corrected chi connectivity index (χ4v) is 1.57. The molecule has 1 aromatic carbocycles. The van der Waals surface area contributed by atoms with Crippen molar-refractivity contribution in [1.29, 1.82) is 0 Å². The van der Waals surface area contributed by atoms with Gasteiger partial charge in [0.25, 0.3) is 0 Å². The van der Waals surface area contributed by atoms with E-state index in [1.807, 2.05) is 12.1 Å². The summed E-state index contributed by atoms with van der Waals surface area (Å²) in [6, 6.07) is 7.20. The summed E-state index contributed by atoms with van der Waals surface area (Å²) in [5.41, 5.74) is 6.67. The second-order valence-electron chi connectivity index (χ2n) is 3.02. The zero-order valence-corrected chi connectivity index (χ0v) is 6.90. The Hall–Kier alpha value is -1.77. The minimum atomic E-state index is -0.476. The van der Waals surface area contributed by atoms with E-state index >= 15 is 0 Å². The van der Waals surface area contributed by atoms with Crippen LogP contribution in [0.4, 0.5) is 0 Å². The van der Waals surface area contributed by atoms with Crippen molar-refractivity contribution in [3.8, 4) is 0 Å². The summed E-state index contributed by atoms with van der Waals surface area (Å²) in [4.78, 5) is 11.0. The number of primary amides is 1. The largest absolute Gasteiger partial charge is 0.508 e. The Balaban J connectivity index is 2.56. The lowest BCUT2D eigenvalue weighted by Gasteiger charge is -2.04. The lowest BCUT2D eigenvalue weighted by Crippen LogP contribution is -2.18. The molecule has 1 aliphatic carbocycles. The molecule has 1 atom stereocenters. The summed E-state index contributed by atoms with van der Waals surface area (Å²) < 4.78 is 0. The minimum Gasteiger partial charge on any atom is -0.508 e. The van der Waals surface area contributed by atoms with Crippen molar-refractivity contribution in [3.05, 3.63) is 41.5 Å². The number of aliphatic hydroxyl groups excluding tert-OH is 1. The van der Waals surface area contributed by atoms with Crippen molar-refractivity contribution in [3.63, 3.8) is 0 Å². The van der Waals surface area contributed by atoms with Crippen LogP contribution in [0, 0.1) is 0 Å². The lowest BCUT2D eigenvalue weighted by atomic mass is 10.0. The van der Waals surface area contributed by atoms with Crippen LogP contribution in [-0.4, -0.2) is 11.0 Å². The first kappa shape index (κ1) is 7.86. The van der Waals surface area contributed by atoms with E-state index in [1.54, 1.807) is 12.1 Å². The number of hydrogen-bond donors (Lipinski definition) is 2. The Morgan fingerprint density at radius 2 is 2.08 bits per heavy atom. The first-order chi connectivity index (χ1) is 6.20. The summed E-state index contributed by atoms with van der Waals surface area (Å²) in [6.45, 7) is 0. The second-order valence-corrected chi connectivity index (χ2v) is 3.02. The maximum atomic E-state index is 11.0. The van der Waals surface area contributed by atoms with Gasteiger partial charge in [-0.1, -0.05) is 24.3 Å². The van der Waals surface area contributed by atoms with Gasteiger partial charge in [-0.05, 0) is 11.6 Å². The van der Waals surface area contributed by atoms with E-state index < -0.39 is 11.8 Å². The van der Waals surface area contributed by atoms with Crippen molar-refractivity contribution >= 4 is 11.7 Å². The van der Waals surface area contributed by atoms with Gasteiger partial charge in [-0.2, -0.15) is 0 Å². The average Bonchev–Trinajstić information content (AvgIpc) is 2.45. The van der Waals surface area contributed by atoms with Crippen molar-refractivity contribution < 1.29 is 9.90 Å². The van der Waals surface area contributed by atoms with Gasteiger partial charge in [0.1, 0.15) is 5.76 Å². The summed E-state index contributed by atoms with van der Waals surface area (Å²) in [7, 11) is 0. The van der Waals surface area contributed by atoms with E-state index in [4.69, 9.17) is 5.73 Å². The zero-order valence-electron chi connectivity index (χ0n) is 6.90. The molecule has 0 aromatic heterocycles. The highest BCUT2D eigenvalue weighted by Crippen LogP contribution is 2.33. The Morgan fingerprint density at radius 1 is 1.38 bits per heavy atom. The lowest BCUT2D eigenvalue weighted by molar-refractivity contribution is -0.118. The van der Waals surface area contributed by atoms with Crippen LogP contribution in [0.2, 0.25) is 0 Å². The monoisotopic (exact) mass is 175 g/mol. The van der Waals surface area contributed by atoms with Gasteiger partial charge in [0, 0.05) is 5.56 Å². The Kier molecular flexibility index (Phi) is 1.59. The van der Waals surface area contributed by atoms with Crippen LogP contribution < -0.4 is 5.73 Å². The standard InChI is InChI=1S/C10H9NO2/c11-10(13)8-5-9(12)7-4-2-1-3-6(7)8/h1-5,8,12H,(H2,11,13). The quantitative estimate of drug-likeness (QED) is 0.672. The number of hydrogen-bond acceptors (Lipinski definition) is 2. The predicted molar refractivity (Wildman–Crippen MR) is 49.0 cm³/mol. The third-order valence-corrected chi connectivity index (χ3v) is 2.20. The van der Waals surface area contributed by atoms with Gasteiger partial charge >= 0.3 is 0 Å². The number of carbonyl (C=O) groups is 1. The number of fused-ring (bicyclic) bond motifs is 1. The van der Waals surface area contributed by atoms with Crippen LogP contribution in [0.25, 0.3) is 5.76 Å². The van der Waals surface area contributed by atoms with Crippen molar-refractivity contribution in [1.82, 2.24) is 0 Å². The molecule has 0 radical (unpaired) electrons. The summed E-state index contributed by atoms with van der Waals surface area (Å²) >= 11 is 0. The van der Waals surface area contributed by atoms with E-state index in [9.17, 15) is 9.90 Å². The molecule has 66 valence electrons. The molecule has 1 amide bonds. The van der Waals surface area contributed by atoms with Gasteiger partial charge in [-0.15, -0.1) is 0 Å². The van der Waals surface area contributed by atoms with Crippen LogP contribution in [0.15, 0.2) is 30.3 Å². The van der Waals surface area contributed by atoms with Crippen LogP contribution in [0.1, 0.15) is 17.0 Å². The molecule has 0 aliphatic heterocycles. The van der Waals surface area contributed by atoms with Gasteiger partial charge in [0.15, 0.2) is 0 Å². The van der Waals surface area contributed by atoms with Crippen LogP contribution in [0.5, 0.6) is 0 Å². The molecule has 0 spiro atoms. The molecule has 13 heavy (non-hydrogen) atoms. The number of aliphatic hydroxyl groups is 1. The maximum absolute atomic E-state index is 11.0. The fourth-order valence-electron chi connectivity index (χ4n) is 1.57.